The van der Waals surface area contributed by atoms with Crippen LogP contribution in [0.3, 0.4) is 0 Å². The molecule has 1 aromatic carbocycles. The van der Waals surface area contributed by atoms with Gasteiger partial charge in [-0.15, -0.1) is 11.8 Å². The van der Waals surface area contributed by atoms with E-state index in [0.717, 1.165) is 16.9 Å². The van der Waals surface area contributed by atoms with Crippen molar-refractivity contribution >= 4 is 23.5 Å². The number of benzene rings is 1. The number of amides is 1. The summed E-state index contributed by atoms with van der Waals surface area (Å²) in [5.41, 5.74) is 1.08. The first-order valence-electron chi connectivity index (χ1n) is 6.64. The van der Waals surface area contributed by atoms with Gasteiger partial charge in [-0.1, -0.05) is 25.1 Å². The van der Waals surface area contributed by atoms with E-state index in [1.807, 2.05) is 56.3 Å². The van der Waals surface area contributed by atoms with Gasteiger partial charge < -0.3 is 5.32 Å². The molecular formula is C16H18N2OS. The summed E-state index contributed by atoms with van der Waals surface area (Å²) in [6, 6.07) is 13.8. The molecule has 104 valence electrons. The van der Waals surface area contributed by atoms with Gasteiger partial charge in [0.05, 0.1) is 5.25 Å². The molecule has 1 amide bonds. The zero-order valence-electron chi connectivity index (χ0n) is 11.7. The van der Waals surface area contributed by atoms with Gasteiger partial charge in [0.15, 0.2) is 0 Å². The van der Waals surface area contributed by atoms with Crippen molar-refractivity contribution in [3.8, 4) is 0 Å². The van der Waals surface area contributed by atoms with E-state index in [0.29, 0.717) is 5.82 Å². The smallest absolute Gasteiger partial charge is 0.239 e. The number of hydrogen-bond acceptors (Lipinski definition) is 3. The highest BCUT2D eigenvalue weighted by molar-refractivity contribution is 8.00. The van der Waals surface area contributed by atoms with Crippen LogP contribution in [0.1, 0.15) is 18.9 Å². The number of carbonyl (C=O) groups is 1. The molecule has 0 aliphatic rings. The van der Waals surface area contributed by atoms with Crippen LogP contribution in [-0.4, -0.2) is 16.1 Å². The normalized spacial score (nSPS) is 11.9. The van der Waals surface area contributed by atoms with Crippen LogP contribution >= 0.6 is 11.8 Å². The summed E-state index contributed by atoms with van der Waals surface area (Å²) in [5.74, 6) is 0.613. The van der Waals surface area contributed by atoms with Gasteiger partial charge in [-0.3, -0.25) is 4.79 Å². The number of nitrogens with zero attached hydrogens (tertiary/aromatic N) is 1. The molecule has 3 nitrogen and oxygen atoms in total. The predicted molar refractivity (Wildman–Crippen MR) is 84.0 cm³/mol. The fourth-order valence-corrected chi connectivity index (χ4v) is 2.77. The minimum atomic E-state index is -0.111. The number of nitrogens with one attached hydrogen (secondary N) is 1. The number of carbonyl (C=O) groups excluding carboxylic acids is 1. The molecule has 0 saturated heterocycles. The maximum absolute atomic E-state index is 12.3. The highest BCUT2D eigenvalue weighted by atomic mass is 32.2. The third-order valence-corrected chi connectivity index (χ3v) is 4.23. The van der Waals surface area contributed by atoms with Crippen molar-refractivity contribution in [3.63, 3.8) is 0 Å². The summed E-state index contributed by atoms with van der Waals surface area (Å²) in [6.45, 7) is 4.00. The van der Waals surface area contributed by atoms with Crippen molar-refractivity contribution in [1.82, 2.24) is 4.98 Å². The molecule has 20 heavy (non-hydrogen) atoms. The minimum absolute atomic E-state index is 0.000506. The number of thioether (sulfide) groups is 1. The molecule has 1 N–H and O–H groups in total. The van der Waals surface area contributed by atoms with Crippen molar-refractivity contribution < 1.29 is 4.79 Å². The quantitative estimate of drug-likeness (QED) is 0.848. The number of hydrogen-bond donors (Lipinski definition) is 1. The number of rotatable bonds is 5. The van der Waals surface area contributed by atoms with E-state index in [4.69, 9.17) is 0 Å². The fourth-order valence-electron chi connectivity index (χ4n) is 1.80. The molecule has 0 aliphatic carbocycles. The van der Waals surface area contributed by atoms with E-state index in [2.05, 4.69) is 10.3 Å². The highest BCUT2D eigenvalue weighted by Crippen LogP contribution is 2.25. The Labute approximate surface area is 123 Å². The van der Waals surface area contributed by atoms with Crippen LogP contribution in [0, 0.1) is 6.92 Å². The molecule has 1 aromatic heterocycles. The van der Waals surface area contributed by atoms with Gasteiger partial charge in [-0.2, -0.15) is 0 Å². The van der Waals surface area contributed by atoms with E-state index in [9.17, 15) is 4.79 Å². The summed E-state index contributed by atoms with van der Waals surface area (Å²) in [4.78, 5) is 17.6. The summed E-state index contributed by atoms with van der Waals surface area (Å²) in [5, 5.41) is 2.77. The average molecular weight is 286 g/mol. The second-order valence-electron chi connectivity index (χ2n) is 4.54. The number of aromatic nitrogens is 1. The van der Waals surface area contributed by atoms with E-state index < -0.39 is 0 Å². The molecule has 2 rings (SSSR count). The SMILES string of the molecule is CCC(Sc1ccccc1)C(=O)Nc1cc(C)ccn1. The second-order valence-corrected chi connectivity index (χ2v) is 5.81. The fraction of sp³-hybridized carbons (Fsp3) is 0.250. The van der Waals surface area contributed by atoms with Crippen LogP contribution in [0.25, 0.3) is 0 Å². The van der Waals surface area contributed by atoms with E-state index in [1.54, 1.807) is 18.0 Å². The molecule has 0 saturated carbocycles. The molecule has 0 spiro atoms. The Morgan fingerprint density at radius 2 is 2.05 bits per heavy atom. The van der Waals surface area contributed by atoms with Gasteiger partial charge in [-0.05, 0) is 43.2 Å². The van der Waals surface area contributed by atoms with Gasteiger partial charge in [0.25, 0.3) is 0 Å². The van der Waals surface area contributed by atoms with E-state index >= 15 is 0 Å². The zero-order chi connectivity index (χ0) is 14.4. The Morgan fingerprint density at radius 3 is 2.70 bits per heavy atom. The first kappa shape index (κ1) is 14.6. The Bertz CT molecular complexity index is 572. The van der Waals surface area contributed by atoms with Gasteiger partial charge in [0.2, 0.25) is 5.91 Å². The van der Waals surface area contributed by atoms with Crippen LogP contribution < -0.4 is 5.32 Å². The Balaban J connectivity index is 2.02. The van der Waals surface area contributed by atoms with E-state index in [1.165, 1.54) is 0 Å². The lowest BCUT2D eigenvalue weighted by atomic mass is 10.3. The molecule has 0 fully saturated rings. The third kappa shape index (κ3) is 4.10. The van der Waals surface area contributed by atoms with Crippen molar-refractivity contribution in [1.29, 1.82) is 0 Å². The monoisotopic (exact) mass is 286 g/mol. The Kier molecular flexibility index (Phi) is 5.18. The molecule has 0 radical (unpaired) electrons. The molecule has 2 aromatic rings. The minimum Gasteiger partial charge on any atom is -0.310 e. The van der Waals surface area contributed by atoms with Crippen molar-refractivity contribution in [3.05, 3.63) is 54.2 Å². The van der Waals surface area contributed by atoms with Gasteiger partial charge in [0.1, 0.15) is 5.82 Å². The number of pyridine rings is 1. The van der Waals surface area contributed by atoms with Crippen molar-refractivity contribution in [2.75, 3.05) is 5.32 Å². The molecule has 4 heteroatoms. The topological polar surface area (TPSA) is 42.0 Å². The predicted octanol–water partition coefficient (Wildman–Crippen LogP) is 3.90. The Morgan fingerprint density at radius 1 is 1.30 bits per heavy atom. The lowest BCUT2D eigenvalue weighted by Gasteiger charge is -2.14. The van der Waals surface area contributed by atoms with Gasteiger partial charge in [-0.25, -0.2) is 4.98 Å². The molecule has 1 atom stereocenters. The zero-order valence-corrected chi connectivity index (χ0v) is 12.5. The van der Waals surface area contributed by atoms with Crippen LogP contribution in [-0.2, 0) is 4.79 Å². The third-order valence-electron chi connectivity index (χ3n) is 2.85. The molecule has 1 heterocycles. The summed E-state index contributed by atoms with van der Waals surface area (Å²) < 4.78 is 0. The van der Waals surface area contributed by atoms with Crippen LogP contribution in [0.4, 0.5) is 5.82 Å². The van der Waals surface area contributed by atoms with Gasteiger partial charge >= 0.3 is 0 Å². The molecule has 1 unspecified atom stereocenters. The van der Waals surface area contributed by atoms with Crippen LogP contribution in [0.15, 0.2) is 53.6 Å². The maximum Gasteiger partial charge on any atom is 0.239 e. The number of aryl methyl sites for hydroxylation is 1. The van der Waals surface area contributed by atoms with Crippen molar-refractivity contribution in [2.45, 2.75) is 30.4 Å². The molecule has 0 aliphatic heterocycles. The number of anilines is 1. The van der Waals surface area contributed by atoms with E-state index in [-0.39, 0.29) is 11.2 Å². The summed E-state index contributed by atoms with van der Waals surface area (Å²) in [6.07, 6.45) is 2.48. The molecular weight excluding hydrogens is 268 g/mol. The first-order chi connectivity index (χ1) is 9.69. The standard InChI is InChI=1S/C16H18N2OS/c1-3-14(20-13-7-5-4-6-8-13)16(19)18-15-11-12(2)9-10-17-15/h4-11,14H,3H2,1-2H3,(H,17,18,19). The summed E-state index contributed by atoms with van der Waals surface area (Å²) in [7, 11) is 0. The summed E-state index contributed by atoms with van der Waals surface area (Å²) >= 11 is 1.58. The highest BCUT2D eigenvalue weighted by Gasteiger charge is 2.18. The van der Waals surface area contributed by atoms with Crippen molar-refractivity contribution in [2.24, 2.45) is 0 Å². The maximum atomic E-state index is 12.3. The van der Waals surface area contributed by atoms with Gasteiger partial charge in [0, 0.05) is 11.1 Å². The largest absolute Gasteiger partial charge is 0.310 e. The average Bonchev–Trinajstić information content (AvgIpc) is 2.45. The first-order valence-corrected chi connectivity index (χ1v) is 7.52. The van der Waals surface area contributed by atoms with Crippen LogP contribution in [0.2, 0.25) is 0 Å². The second kappa shape index (κ2) is 7.10. The lowest BCUT2D eigenvalue weighted by molar-refractivity contribution is -0.115. The Hall–Kier alpha value is -1.81. The van der Waals surface area contributed by atoms with Crippen LogP contribution in [0.5, 0.6) is 0 Å². The molecule has 0 bridgehead atoms. The lowest BCUT2D eigenvalue weighted by Crippen LogP contribution is -2.25.